The lowest BCUT2D eigenvalue weighted by atomic mass is 9.78. The lowest BCUT2D eigenvalue weighted by Crippen LogP contribution is -2.43. The number of hydrogen-bond acceptors (Lipinski definition) is 4. The van der Waals surface area contributed by atoms with Gasteiger partial charge in [0, 0.05) is 23.2 Å². The number of nitrogens with one attached hydrogen (secondary N) is 2. The van der Waals surface area contributed by atoms with Crippen LogP contribution < -0.4 is 11.1 Å². The summed E-state index contributed by atoms with van der Waals surface area (Å²) < 4.78 is 0.922. The molecule has 0 aliphatic heterocycles. The Kier molecular flexibility index (Phi) is 3.44. The zero-order valence-corrected chi connectivity index (χ0v) is 13.2. The molecule has 2 aromatic heterocycles. The maximum Gasteiger partial charge on any atom is 0.246 e. The summed E-state index contributed by atoms with van der Waals surface area (Å²) in [6.45, 7) is 5.35. The van der Waals surface area contributed by atoms with Gasteiger partial charge in [-0.2, -0.15) is 0 Å². The van der Waals surface area contributed by atoms with Crippen LogP contribution in [0.3, 0.4) is 0 Å². The van der Waals surface area contributed by atoms with E-state index >= 15 is 0 Å². The van der Waals surface area contributed by atoms with Crippen LogP contribution in [-0.2, 0) is 4.79 Å². The van der Waals surface area contributed by atoms with Gasteiger partial charge in [0.25, 0.3) is 0 Å². The number of nitrogens with two attached hydrogens (primary N) is 1. The minimum atomic E-state index is -0.0794. The van der Waals surface area contributed by atoms with Crippen LogP contribution in [-0.4, -0.2) is 26.9 Å². The summed E-state index contributed by atoms with van der Waals surface area (Å²) in [6, 6.07) is 0.195. The van der Waals surface area contributed by atoms with E-state index in [1.165, 1.54) is 6.33 Å². The van der Waals surface area contributed by atoms with Crippen LogP contribution in [0.4, 0.5) is 5.82 Å². The van der Waals surface area contributed by atoms with Crippen LogP contribution in [0, 0.1) is 0 Å². The minimum absolute atomic E-state index is 0.0794. The molecule has 4 N–H and O–H groups in total. The third-order valence-corrected chi connectivity index (χ3v) is 4.68. The molecule has 0 spiro atoms. The number of amides is 1. The Morgan fingerprint density at radius 2 is 2.24 bits per heavy atom. The lowest BCUT2D eigenvalue weighted by Gasteiger charge is -2.35. The first-order valence-corrected chi connectivity index (χ1v) is 7.50. The number of carbonyl (C=O) groups excluding carboxylic acids is 1. The van der Waals surface area contributed by atoms with Crippen molar-refractivity contribution in [1.29, 1.82) is 0 Å². The van der Waals surface area contributed by atoms with Gasteiger partial charge in [0.05, 0.1) is 9.86 Å². The summed E-state index contributed by atoms with van der Waals surface area (Å²) in [5.41, 5.74) is 8.23. The highest BCUT2D eigenvalue weighted by Crippen LogP contribution is 2.42. The molecular formula is C14H16BrN5O. The first-order chi connectivity index (χ1) is 9.97. The number of halogens is 1. The Balaban J connectivity index is 1.76. The monoisotopic (exact) mass is 349 g/mol. The van der Waals surface area contributed by atoms with E-state index in [-0.39, 0.29) is 11.9 Å². The zero-order chi connectivity index (χ0) is 15.1. The van der Waals surface area contributed by atoms with Crippen molar-refractivity contribution in [3.8, 4) is 0 Å². The topological polar surface area (TPSA) is 96.7 Å². The Morgan fingerprint density at radius 3 is 2.86 bits per heavy atom. The normalized spacial score (nSPS) is 21.0. The van der Waals surface area contributed by atoms with Crippen molar-refractivity contribution in [1.82, 2.24) is 20.3 Å². The molecule has 6 nitrogen and oxygen atoms in total. The standard InChI is InChI=1S/C14H16BrN5O/c1-6(2)14(21)19-8-3-7(4-8)11-10(15)9-12(16)17-5-18-13(9)20-11/h5,7-8H,1,3-4H2,2H3,(H,19,21)(H3,16,17,18,20)/t7-,8-. The molecule has 2 aromatic rings. The van der Waals surface area contributed by atoms with Gasteiger partial charge in [0.2, 0.25) is 5.91 Å². The molecule has 2 heterocycles. The van der Waals surface area contributed by atoms with Gasteiger partial charge in [0.15, 0.2) is 0 Å². The molecule has 0 atom stereocenters. The number of hydrogen-bond donors (Lipinski definition) is 3. The Hall–Kier alpha value is -1.89. The molecule has 0 saturated heterocycles. The average Bonchev–Trinajstić information content (AvgIpc) is 2.71. The third-order valence-electron chi connectivity index (χ3n) is 3.85. The molecule has 3 rings (SSSR count). The molecule has 1 aliphatic carbocycles. The van der Waals surface area contributed by atoms with Crippen LogP contribution in [0.1, 0.15) is 31.4 Å². The fourth-order valence-electron chi connectivity index (χ4n) is 2.59. The average molecular weight is 350 g/mol. The molecule has 1 aliphatic rings. The van der Waals surface area contributed by atoms with Gasteiger partial charge in [-0.15, -0.1) is 0 Å². The highest BCUT2D eigenvalue weighted by Gasteiger charge is 2.34. The number of nitrogens with zero attached hydrogens (tertiary/aromatic N) is 2. The van der Waals surface area contributed by atoms with E-state index in [0.29, 0.717) is 17.3 Å². The van der Waals surface area contributed by atoms with E-state index < -0.39 is 0 Å². The molecular weight excluding hydrogens is 334 g/mol. The number of fused-ring (bicyclic) bond motifs is 1. The largest absolute Gasteiger partial charge is 0.383 e. The van der Waals surface area contributed by atoms with Gasteiger partial charge in [-0.1, -0.05) is 6.58 Å². The van der Waals surface area contributed by atoms with Crippen LogP contribution in [0.15, 0.2) is 23.0 Å². The first kappa shape index (κ1) is 14.1. The second kappa shape index (κ2) is 5.14. The van der Waals surface area contributed by atoms with Crippen LogP contribution >= 0.6 is 15.9 Å². The molecule has 0 unspecified atom stereocenters. The lowest BCUT2D eigenvalue weighted by molar-refractivity contribution is -0.118. The number of carbonyl (C=O) groups is 1. The van der Waals surface area contributed by atoms with Gasteiger partial charge in [0.1, 0.15) is 17.8 Å². The molecule has 7 heteroatoms. The summed E-state index contributed by atoms with van der Waals surface area (Å²) in [7, 11) is 0. The van der Waals surface area contributed by atoms with E-state index in [0.717, 1.165) is 34.0 Å². The maximum absolute atomic E-state index is 11.6. The second-order valence-corrected chi connectivity index (χ2v) is 6.25. The number of aromatic nitrogens is 3. The Labute approximate surface area is 130 Å². The van der Waals surface area contributed by atoms with Crippen molar-refractivity contribution < 1.29 is 4.79 Å². The summed E-state index contributed by atoms with van der Waals surface area (Å²) in [4.78, 5) is 23.1. The van der Waals surface area contributed by atoms with Gasteiger partial charge >= 0.3 is 0 Å². The van der Waals surface area contributed by atoms with Gasteiger partial charge < -0.3 is 16.0 Å². The molecule has 0 bridgehead atoms. The van der Waals surface area contributed by atoms with E-state index in [1.54, 1.807) is 6.92 Å². The maximum atomic E-state index is 11.6. The fraction of sp³-hybridized carbons (Fsp3) is 0.357. The van der Waals surface area contributed by atoms with Gasteiger partial charge in [-0.05, 0) is 35.7 Å². The second-order valence-electron chi connectivity index (χ2n) is 5.45. The quantitative estimate of drug-likeness (QED) is 0.740. The van der Waals surface area contributed by atoms with Crippen molar-refractivity contribution in [3.05, 3.63) is 28.6 Å². The molecule has 21 heavy (non-hydrogen) atoms. The van der Waals surface area contributed by atoms with Crippen molar-refractivity contribution >= 4 is 38.7 Å². The van der Waals surface area contributed by atoms with Crippen molar-refractivity contribution in [2.45, 2.75) is 31.7 Å². The highest BCUT2D eigenvalue weighted by molar-refractivity contribution is 9.10. The molecule has 110 valence electrons. The van der Waals surface area contributed by atoms with E-state index in [2.05, 4.69) is 42.8 Å². The van der Waals surface area contributed by atoms with Crippen LogP contribution in [0.25, 0.3) is 11.0 Å². The predicted octanol–water partition coefficient (Wildman–Crippen LogP) is 2.24. The predicted molar refractivity (Wildman–Crippen MR) is 84.7 cm³/mol. The summed E-state index contributed by atoms with van der Waals surface area (Å²) in [5.74, 6) is 0.730. The number of H-pyrrole nitrogens is 1. The summed E-state index contributed by atoms with van der Waals surface area (Å²) >= 11 is 3.58. The SMILES string of the molecule is C=C(C)C(=O)N[C@H]1C[C@H](c2[nH]c3ncnc(N)c3c2Br)C1. The van der Waals surface area contributed by atoms with Crippen LogP contribution in [0.5, 0.6) is 0 Å². The number of aromatic amines is 1. The van der Waals surface area contributed by atoms with Gasteiger partial charge in [-0.3, -0.25) is 4.79 Å². The summed E-state index contributed by atoms with van der Waals surface area (Å²) in [6.07, 6.45) is 3.22. The molecule has 0 aromatic carbocycles. The molecule has 1 saturated carbocycles. The number of anilines is 1. The van der Waals surface area contributed by atoms with E-state index in [4.69, 9.17) is 5.73 Å². The smallest absolute Gasteiger partial charge is 0.246 e. The molecule has 1 amide bonds. The number of rotatable bonds is 3. The van der Waals surface area contributed by atoms with Crippen molar-refractivity contribution in [3.63, 3.8) is 0 Å². The van der Waals surface area contributed by atoms with Crippen molar-refractivity contribution in [2.75, 3.05) is 5.73 Å². The Morgan fingerprint density at radius 1 is 1.52 bits per heavy atom. The third kappa shape index (κ3) is 2.42. The van der Waals surface area contributed by atoms with Crippen LogP contribution in [0.2, 0.25) is 0 Å². The molecule has 1 fully saturated rings. The zero-order valence-electron chi connectivity index (χ0n) is 11.6. The van der Waals surface area contributed by atoms with E-state index in [9.17, 15) is 4.79 Å². The minimum Gasteiger partial charge on any atom is -0.383 e. The van der Waals surface area contributed by atoms with E-state index in [1.807, 2.05) is 0 Å². The first-order valence-electron chi connectivity index (χ1n) is 6.71. The fourth-order valence-corrected chi connectivity index (χ4v) is 3.40. The van der Waals surface area contributed by atoms with Gasteiger partial charge in [-0.25, -0.2) is 9.97 Å². The summed E-state index contributed by atoms with van der Waals surface area (Å²) in [5, 5.41) is 3.78. The molecule has 0 radical (unpaired) electrons. The highest BCUT2D eigenvalue weighted by atomic mass is 79.9. The van der Waals surface area contributed by atoms with Crippen molar-refractivity contribution in [2.24, 2.45) is 0 Å². The Bertz CT molecular complexity index is 732. The number of nitrogen functional groups attached to an aromatic ring is 1.